The van der Waals surface area contributed by atoms with Crippen molar-refractivity contribution in [1.29, 1.82) is 0 Å². The Kier molecular flexibility index (Phi) is 3.96. The topological polar surface area (TPSA) is 51.0 Å². The van der Waals surface area contributed by atoms with Gasteiger partial charge in [-0.1, -0.05) is 17.7 Å². The summed E-state index contributed by atoms with van der Waals surface area (Å²) in [4.78, 5) is 19.0. The number of carbonyl (C=O) groups excluding carboxylic acids is 1. The van der Waals surface area contributed by atoms with Crippen molar-refractivity contribution in [2.45, 2.75) is 39.7 Å². The van der Waals surface area contributed by atoms with Crippen LogP contribution in [-0.4, -0.2) is 38.7 Å². The van der Waals surface area contributed by atoms with Crippen LogP contribution < -0.4 is 0 Å². The first kappa shape index (κ1) is 14.8. The molecule has 3 rings (SSSR count). The molecule has 5 heteroatoms. The summed E-state index contributed by atoms with van der Waals surface area (Å²) < 4.78 is 1.98. The van der Waals surface area contributed by atoms with Crippen molar-refractivity contribution >= 4 is 5.91 Å². The van der Waals surface area contributed by atoms with Crippen molar-refractivity contribution in [3.63, 3.8) is 0 Å². The standard InChI is InChI=1S/C17H22N4O/c1-12-6-4-7-15(10-12)17(22)20-9-5-8-16(11-20)21-14(3)18-13(2)19-21/h4,6-7,10,16H,5,8-9,11H2,1-3H3/t16-/m1/s1. The number of hydrogen-bond donors (Lipinski definition) is 0. The van der Waals surface area contributed by atoms with Crippen LogP contribution in [0.25, 0.3) is 0 Å². The maximum atomic E-state index is 12.7. The third-order valence-electron chi connectivity index (χ3n) is 4.20. The van der Waals surface area contributed by atoms with Gasteiger partial charge < -0.3 is 4.90 Å². The molecule has 1 atom stereocenters. The first-order valence-electron chi connectivity index (χ1n) is 7.80. The van der Waals surface area contributed by atoms with Gasteiger partial charge >= 0.3 is 0 Å². The van der Waals surface area contributed by atoms with E-state index in [1.807, 2.05) is 54.6 Å². The second-order valence-corrected chi connectivity index (χ2v) is 6.07. The van der Waals surface area contributed by atoms with Crippen molar-refractivity contribution in [3.8, 4) is 0 Å². The van der Waals surface area contributed by atoms with Crippen molar-refractivity contribution in [2.75, 3.05) is 13.1 Å². The minimum atomic E-state index is 0.114. The van der Waals surface area contributed by atoms with E-state index in [0.29, 0.717) is 6.54 Å². The van der Waals surface area contributed by atoms with Crippen molar-refractivity contribution in [1.82, 2.24) is 19.7 Å². The van der Waals surface area contributed by atoms with Gasteiger partial charge in [0.25, 0.3) is 5.91 Å². The number of rotatable bonds is 2. The Hall–Kier alpha value is -2.17. The van der Waals surface area contributed by atoms with Crippen LogP contribution in [-0.2, 0) is 0 Å². The maximum absolute atomic E-state index is 12.7. The molecule has 1 aliphatic heterocycles. The van der Waals surface area contributed by atoms with E-state index in [0.717, 1.165) is 42.2 Å². The lowest BCUT2D eigenvalue weighted by Crippen LogP contribution is -2.41. The zero-order valence-electron chi connectivity index (χ0n) is 13.4. The lowest BCUT2D eigenvalue weighted by molar-refractivity contribution is 0.0671. The molecule has 1 aromatic heterocycles. The molecule has 0 radical (unpaired) electrons. The predicted octanol–water partition coefficient (Wildman–Crippen LogP) is 2.68. The van der Waals surface area contributed by atoms with Gasteiger partial charge in [0.2, 0.25) is 0 Å². The van der Waals surface area contributed by atoms with Crippen molar-refractivity contribution in [2.24, 2.45) is 0 Å². The molecule has 1 aliphatic rings. The van der Waals surface area contributed by atoms with E-state index in [2.05, 4.69) is 10.1 Å². The van der Waals surface area contributed by atoms with Crippen LogP contribution in [0.15, 0.2) is 24.3 Å². The van der Waals surface area contributed by atoms with Gasteiger partial charge in [0.15, 0.2) is 0 Å². The molecule has 0 bridgehead atoms. The molecule has 0 N–H and O–H groups in total. The van der Waals surface area contributed by atoms with E-state index in [4.69, 9.17) is 0 Å². The molecule has 22 heavy (non-hydrogen) atoms. The highest BCUT2D eigenvalue weighted by molar-refractivity contribution is 5.94. The number of aromatic nitrogens is 3. The Labute approximate surface area is 131 Å². The molecule has 1 fully saturated rings. The number of hydrogen-bond acceptors (Lipinski definition) is 3. The third-order valence-corrected chi connectivity index (χ3v) is 4.20. The molecule has 1 saturated heterocycles. The van der Waals surface area contributed by atoms with E-state index in [9.17, 15) is 4.79 Å². The molecule has 0 saturated carbocycles. The Morgan fingerprint density at radius 3 is 2.77 bits per heavy atom. The Morgan fingerprint density at radius 2 is 2.09 bits per heavy atom. The van der Waals surface area contributed by atoms with Crippen LogP contribution in [0.5, 0.6) is 0 Å². The van der Waals surface area contributed by atoms with E-state index >= 15 is 0 Å². The highest BCUT2D eigenvalue weighted by atomic mass is 16.2. The summed E-state index contributed by atoms with van der Waals surface area (Å²) in [5, 5.41) is 4.48. The molecule has 5 nitrogen and oxygen atoms in total. The van der Waals surface area contributed by atoms with Crippen LogP contribution in [0.1, 0.15) is 46.5 Å². The number of likely N-dealkylation sites (tertiary alicyclic amines) is 1. The lowest BCUT2D eigenvalue weighted by Gasteiger charge is -2.33. The molecular formula is C17H22N4O. The quantitative estimate of drug-likeness (QED) is 0.856. The smallest absolute Gasteiger partial charge is 0.253 e. The first-order chi connectivity index (χ1) is 10.5. The SMILES string of the molecule is Cc1cccc(C(=O)N2CCC[C@@H](n3nc(C)nc3C)C2)c1. The maximum Gasteiger partial charge on any atom is 0.253 e. The summed E-state index contributed by atoms with van der Waals surface area (Å²) in [6.07, 6.45) is 2.04. The summed E-state index contributed by atoms with van der Waals surface area (Å²) in [5.74, 6) is 1.83. The summed E-state index contributed by atoms with van der Waals surface area (Å²) in [5.41, 5.74) is 1.88. The number of amides is 1. The monoisotopic (exact) mass is 298 g/mol. The van der Waals surface area contributed by atoms with Gasteiger partial charge in [0.1, 0.15) is 11.6 Å². The molecule has 2 heterocycles. The summed E-state index contributed by atoms with van der Waals surface area (Å²) in [6.45, 7) is 7.41. The van der Waals surface area contributed by atoms with Gasteiger partial charge in [-0.2, -0.15) is 5.10 Å². The normalized spacial score (nSPS) is 18.5. The molecule has 1 aromatic carbocycles. The van der Waals surface area contributed by atoms with Gasteiger partial charge in [-0.15, -0.1) is 0 Å². The second kappa shape index (κ2) is 5.91. The van der Waals surface area contributed by atoms with Gasteiger partial charge in [0, 0.05) is 18.7 Å². The molecule has 1 amide bonds. The van der Waals surface area contributed by atoms with Crippen LogP contribution >= 0.6 is 0 Å². The minimum Gasteiger partial charge on any atom is -0.337 e. The fraction of sp³-hybridized carbons (Fsp3) is 0.471. The molecule has 0 spiro atoms. The Bertz CT molecular complexity index is 692. The molecule has 0 aliphatic carbocycles. The summed E-state index contributed by atoms with van der Waals surface area (Å²) >= 11 is 0. The Balaban J connectivity index is 1.78. The van der Waals surface area contributed by atoms with Crippen LogP contribution in [0.4, 0.5) is 0 Å². The highest BCUT2D eigenvalue weighted by Gasteiger charge is 2.27. The number of carbonyl (C=O) groups is 1. The van der Waals surface area contributed by atoms with E-state index in [1.165, 1.54) is 0 Å². The first-order valence-corrected chi connectivity index (χ1v) is 7.80. The fourth-order valence-electron chi connectivity index (χ4n) is 3.18. The van der Waals surface area contributed by atoms with E-state index in [1.54, 1.807) is 0 Å². The van der Waals surface area contributed by atoms with Crippen LogP contribution in [0.3, 0.4) is 0 Å². The minimum absolute atomic E-state index is 0.114. The highest BCUT2D eigenvalue weighted by Crippen LogP contribution is 2.23. The molecule has 0 unspecified atom stereocenters. The number of benzene rings is 1. The lowest BCUT2D eigenvalue weighted by atomic mass is 10.0. The summed E-state index contributed by atoms with van der Waals surface area (Å²) in [6, 6.07) is 8.02. The zero-order valence-corrected chi connectivity index (χ0v) is 13.4. The number of aryl methyl sites for hydroxylation is 3. The van der Waals surface area contributed by atoms with Crippen LogP contribution in [0, 0.1) is 20.8 Å². The number of nitrogens with zero attached hydrogens (tertiary/aromatic N) is 4. The van der Waals surface area contributed by atoms with Gasteiger partial charge in [-0.25, -0.2) is 9.67 Å². The third kappa shape index (κ3) is 2.89. The predicted molar refractivity (Wildman–Crippen MR) is 84.8 cm³/mol. The van der Waals surface area contributed by atoms with Crippen molar-refractivity contribution in [3.05, 3.63) is 47.0 Å². The average Bonchev–Trinajstić information content (AvgIpc) is 2.85. The number of piperidine rings is 1. The van der Waals surface area contributed by atoms with E-state index < -0.39 is 0 Å². The van der Waals surface area contributed by atoms with Crippen molar-refractivity contribution < 1.29 is 4.79 Å². The second-order valence-electron chi connectivity index (χ2n) is 6.07. The molecule has 116 valence electrons. The molecular weight excluding hydrogens is 276 g/mol. The average molecular weight is 298 g/mol. The largest absolute Gasteiger partial charge is 0.337 e. The van der Waals surface area contributed by atoms with Gasteiger partial charge in [-0.05, 0) is 45.7 Å². The van der Waals surface area contributed by atoms with E-state index in [-0.39, 0.29) is 11.9 Å². The molecule has 2 aromatic rings. The van der Waals surface area contributed by atoms with Crippen LogP contribution in [0.2, 0.25) is 0 Å². The zero-order chi connectivity index (χ0) is 15.7. The Morgan fingerprint density at radius 1 is 1.27 bits per heavy atom. The fourth-order valence-corrected chi connectivity index (χ4v) is 3.18. The summed E-state index contributed by atoms with van der Waals surface area (Å²) in [7, 11) is 0. The van der Waals surface area contributed by atoms with Gasteiger partial charge in [0.05, 0.1) is 6.04 Å². The van der Waals surface area contributed by atoms with Gasteiger partial charge in [-0.3, -0.25) is 4.79 Å².